The molecule has 0 radical (unpaired) electrons. The summed E-state index contributed by atoms with van der Waals surface area (Å²) in [4.78, 5) is 29.8. The first-order valence-electron chi connectivity index (χ1n) is 8.51. The van der Waals surface area contributed by atoms with Crippen LogP contribution in [0.1, 0.15) is 48.5 Å². The van der Waals surface area contributed by atoms with Gasteiger partial charge in [0.2, 0.25) is 0 Å². The molecule has 0 aromatic carbocycles. The Balaban J connectivity index is 5.39. The predicted octanol–water partition coefficient (Wildman–Crippen LogP) is 3.31. The number of amides is 2. The van der Waals surface area contributed by atoms with Crippen molar-refractivity contribution in [2.24, 2.45) is 0 Å². The highest BCUT2D eigenvalue weighted by molar-refractivity contribution is 6.74. The summed E-state index contributed by atoms with van der Waals surface area (Å²) in [7, 11) is 0.759. The first kappa shape index (κ1) is 23.9. The van der Waals surface area contributed by atoms with Crippen LogP contribution in [0.3, 0.4) is 0 Å². The van der Waals surface area contributed by atoms with Crippen molar-refractivity contribution in [1.82, 2.24) is 10.4 Å². The van der Waals surface area contributed by atoms with Crippen molar-refractivity contribution in [2.75, 3.05) is 14.2 Å². The van der Waals surface area contributed by atoms with Gasteiger partial charge in [0.25, 0.3) is 5.91 Å². The number of hydrogen-bond acceptors (Lipinski definition) is 5. The minimum atomic E-state index is -2.12. The van der Waals surface area contributed by atoms with E-state index in [9.17, 15) is 9.59 Å². The predicted molar refractivity (Wildman–Crippen MR) is 101 cm³/mol. The van der Waals surface area contributed by atoms with Gasteiger partial charge in [-0.15, -0.1) is 0 Å². The topological polar surface area (TPSA) is 77.1 Å². The van der Waals surface area contributed by atoms with E-state index < -0.39 is 38.1 Å². The fraction of sp³-hybridized carbons (Fsp3) is 0.882. The molecule has 0 heterocycles. The van der Waals surface area contributed by atoms with Crippen molar-refractivity contribution in [1.29, 1.82) is 0 Å². The van der Waals surface area contributed by atoms with E-state index in [0.717, 1.165) is 5.06 Å². The van der Waals surface area contributed by atoms with E-state index in [1.165, 1.54) is 14.2 Å². The summed E-state index contributed by atoms with van der Waals surface area (Å²) in [6.45, 7) is 17.6. The highest BCUT2D eigenvalue weighted by Crippen LogP contribution is 2.37. The van der Waals surface area contributed by atoms with Gasteiger partial charge >= 0.3 is 6.09 Å². The maximum absolute atomic E-state index is 12.6. The average molecular weight is 377 g/mol. The Kier molecular flexibility index (Phi) is 8.12. The van der Waals surface area contributed by atoms with E-state index in [4.69, 9.17) is 14.0 Å². The molecule has 0 aliphatic heterocycles. The Hall–Kier alpha value is -1.12. The van der Waals surface area contributed by atoms with Crippen LogP contribution in [0, 0.1) is 0 Å². The summed E-state index contributed by atoms with van der Waals surface area (Å²) in [6.07, 6.45) is -1.19. The first-order chi connectivity index (χ1) is 11.0. The van der Waals surface area contributed by atoms with Crippen LogP contribution in [0.25, 0.3) is 0 Å². The average Bonchev–Trinajstić information content (AvgIpc) is 2.39. The minimum absolute atomic E-state index is 0.0199. The van der Waals surface area contributed by atoms with Gasteiger partial charge in [0, 0.05) is 7.05 Å². The van der Waals surface area contributed by atoms with E-state index in [0.29, 0.717) is 0 Å². The number of rotatable bonds is 6. The Morgan fingerprint density at radius 1 is 1.08 bits per heavy atom. The van der Waals surface area contributed by atoms with Crippen LogP contribution < -0.4 is 5.32 Å². The zero-order chi connectivity index (χ0) is 20.2. The first-order valence-corrected chi connectivity index (χ1v) is 11.4. The number of carbonyl (C=O) groups excluding carboxylic acids is 2. The Bertz CT molecular complexity index is 469. The lowest BCUT2D eigenvalue weighted by atomic mass is 10.1. The summed E-state index contributed by atoms with van der Waals surface area (Å²) >= 11 is 0. The number of likely N-dealkylation sites (N-methyl/N-ethyl adjacent to an activating group) is 1. The van der Waals surface area contributed by atoms with Gasteiger partial charge in [-0.05, 0) is 45.8 Å². The highest BCUT2D eigenvalue weighted by Gasteiger charge is 2.42. The summed E-state index contributed by atoms with van der Waals surface area (Å²) in [5.41, 5.74) is -0.658. The second-order valence-electron chi connectivity index (χ2n) is 8.73. The van der Waals surface area contributed by atoms with Crippen molar-refractivity contribution in [2.45, 2.75) is 84.3 Å². The lowest BCUT2D eigenvalue weighted by Gasteiger charge is -2.40. The standard InChI is InChI=1S/C17H36N2O5Si/c1-12(24-25(10,11)17(5,6)7)13(14(20)19(8)22-9)18-15(21)23-16(2,3)4/h12-13H,1-11H3,(H,18,21)/t12-,13+/m0/s1. The van der Waals surface area contributed by atoms with E-state index in [1.54, 1.807) is 27.7 Å². The second kappa shape index (κ2) is 8.51. The van der Waals surface area contributed by atoms with Crippen molar-refractivity contribution in [3.8, 4) is 0 Å². The van der Waals surface area contributed by atoms with Crippen LogP contribution in [-0.4, -0.2) is 57.3 Å². The number of hydroxylamine groups is 2. The summed E-state index contributed by atoms with van der Waals surface area (Å²) in [5.74, 6) is -0.403. The monoisotopic (exact) mass is 376 g/mol. The third-order valence-corrected chi connectivity index (χ3v) is 8.85. The Morgan fingerprint density at radius 3 is 1.92 bits per heavy atom. The number of nitrogens with one attached hydrogen (secondary N) is 1. The fourth-order valence-corrected chi connectivity index (χ4v) is 3.23. The maximum Gasteiger partial charge on any atom is 0.408 e. The highest BCUT2D eigenvalue weighted by atomic mass is 28.4. The molecule has 0 rings (SSSR count). The molecule has 0 unspecified atom stereocenters. The zero-order valence-electron chi connectivity index (χ0n) is 17.6. The number of ether oxygens (including phenoxy) is 1. The van der Waals surface area contributed by atoms with Crippen molar-refractivity contribution >= 4 is 20.3 Å². The summed E-state index contributed by atoms with van der Waals surface area (Å²) < 4.78 is 11.6. The van der Waals surface area contributed by atoms with Gasteiger partial charge in [-0.25, -0.2) is 9.86 Å². The molecule has 0 spiro atoms. The molecule has 7 nitrogen and oxygen atoms in total. The van der Waals surface area contributed by atoms with Crippen molar-refractivity contribution in [3.05, 3.63) is 0 Å². The molecule has 0 saturated carbocycles. The van der Waals surface area contributed by atoms with Gasteiger partial charge in [-0.3, -0.25) is 9.63 Å². The van der Waals surface area contributed by atoms with Crippen LogP contribution in [-0.2, 0) is 18.8 Å². The molecule has 25 heavy (non-hydrogen) atoms. The zero-order valence-corrected chi connectivity index (χ0v) is 18.6. The SMILES string of the molecule is CON(C)C(=O)[C@H](NC(=O)OC(C)(C)C)[C@H](C)O[Si](C)(C)C(C)(C)C. The number of alkyl carbamates (subject to hydrolysis) is 1. The van der Waals surface area contributed by atoms with Gasteiger partial charge in [0.1, 0.15) is 11.6 Å². The van der Waals surface area contributed by atoms with Gasteiger partial charge < -0.3 is 14.5 Å². The third-order valence-electron chi connectivity index (χ3n) is 4.28. The molecule has 0 bridgehead atoms. The van der Waals surface area contributed by atoms with Crippen LogP contribution in [0.4, 0.5) is 4.79 Å². The van der Waals surface area contributed by atoms with Gasteiger partial charge in [-0.1, -0.05) is 20.8 Å². The normalized spacial score (nSPS) is 15.3. The van der Waals surface area contributed by atoms with E-state index in [-0.39, 0.29) is 5.04 Å². The maximum atomic E-state index is 12.6. The van der Waals surface area contributed by atoms with Gasteiger partial charge in [0.15, 0.2) is 8.32 Å². The Labute approximate surface area is 153 Å². The number of carbonyl (C=O) groups is 2. The lowest BCUT2D eigenvalue weighted by Crippen LogP contribution is -2.57. The number of nitrogens with zero attached hydrogens (tertiary/aromatic N) is 1. The molecule has 2 amide bonds. The molecule has 0 aromatic heterocycles. The summed E-state index contributed by atoms with van der Waals surface area (Å²) in [6, 6.07) is -0.908. The second-order valence-corrected chi connectivity index (χ2v) is 13.5. The van der Waals surface area contributed by atoms with E-state index in [1.807, 2.05) is 0 Å². The molecule has 148 valence electrons. The number of hydrogen-bond donors (Lipinski definition) is 1. The largest absolute Gasteiger partial charge is 0.444 e. The van der Waals surface area contributed by atoms with Crippen molar-refractivity contribution in [3.63, 3.8) is 0 Å². The van der Waals surface area contributed by atoms with Crippen LogP contribution in [0.2, 0.25) is 18.1 Å². The van der Waals surface area contributed by atoms with Crippen LogP contribution in [0.5, 0.6) is 0 Å². The molecule has 1 N–H and O–H groups in total. The smallest absolute Gasteiger partial charge is 0.408 e. The van der Waals surface area contributed by atoms with Gasteiger partial charge in [0.05, 0.1) is 13.2 Å². The molecule has 8 heteroatoms. The van der Waals surface area contributed by atoms with Gasteiger partial charge in [-0.2, -0.15) is 0 Å². The molecular formula is C17H36N2O5Si. The van der Waals surface area contributed by atoms with Crippen LogP contribution in [0.15, 0.2) is 0 Å². The van der Waals surface area contributed by atoms with E-state index in [2.05, 4.69) is 39.2 Å². The van der Waals surface area contributed by atoms with Crippen molar-refractivity contribution < 1.29 is 23.6 Å². The van der Waals surface area contributed by atoms with E-state index >= 15 is 0 Å². The molecular weight excluding hydrogens is 340 g/mol. The fourth-order valence-electron chi connectivity index (χ4n) is 1.81. The molecule has 0 aromatic rings. The molecule has 0 saturated heterocycles. The van der Waals surface area contributed by atoms with Crippen LogP contribution >= 0.6 is 0 Å². The molecule has 0 fully saturated rings. The molecule has 0 aliphatic carbocycles. The summed E-state index contributed by atoms with van der Waals surface area (Å²) in [5, 5.41) is 3.68. The Morgan fingerprint density at radius 2 is 1.56 bits per heavy atom. The minimum Gasteiger partial charge on any atom is -0.444 e. The molecule has 2 atom stereocenters. The molecule has 0 aliphatic rings. The lowest BCUT2D eigenvalue weighted by molar-refractivity contribution is -0.173. The quantitative estimate of drug-likeness (QED) is 0.568. The third kappa shape index (κ3) is 7.75.